The van der Waals surface area contributed by atoms with E-state index in [1.54, 1.807) is 12.1 Å². The van der Waals surface area contributed by atoms with Crippen molar-refractivity contribution in [2.75, 3.05) is 0 Å². The van der Waals surface area contributed by atoms with Crippen LogP contribution >= 0.6 is 11.8 Å². The van der Waals surface area contributed by atoms with Gasteiger partial charge in [0, 0.05) is 5.75 Å². The van der Waals surface area contributed by atoms with Crippen LogP contribution in [0.25, 0.3) is 0 Å². The number of aromatic hydroxyl groups is 1. The molecule has 15 heavy (non-hydrogen) atoms. The maximum atomic E-state index is 9.10. The highest BCUT2D eigenvalue weighted by atomic mass is 32.2. The molecule has 1 N–H and O–H groups in total. The first-order valence-electron chi connectivity index (χ1n) is 4.37. The Balaban J connectivity index is 1.96. The predicted molar refractivity (Wildman–Crippen MR) is 57.5 cm³/mol. The highest BCUT2D eigenvalue weighted by Crippen LogP contribution is 2.19. The highest BCUT2D eigenvalue weighted by Gasteiger charge is 1.98. The van der Waals surface area contributed by atoms with Gasteiger partial charge in [0.25, 0.3) is 0 Å². The topological polar surface area (TPSA) is 58.9 Å². The average molecular weight is 219 g/mol. The van der Waals surface area contributed by atoms with Crippen molar-refractivity contribution in [3.63, 3.8) is 0 Å². The van der Waals surface area contributed by atoms with E-state index in [0.29, 0.717) is 5.16 Å². The summed E-state index contributed by atoms with van der Waals surface area (Å²) in [5, 5.41) is 9.81. The van der Waals surface area contributed by atoms with Crippen LogP contribution in [0, 0.1) is 0 Å². The number of benzene rings is 1. The molecule has 4 nitrogen and oxygen atoms in total. The van der Waals surface area contributed by atoms with Gasteiger partial charge < -0.3 is 5.11 Å². The van der Waals surface area contributed by atoms with Crippen LogP contribution in [-0.4, -0.2) is 20.1 Å². The molecule has 1 aromatic heterocycles. The number of rotatable bonds is 3. The molecule has 0 saturated heterocycles. The fourth-order valence-corrected chi connectivity index (χ4v) is 1.77. The van der Waals surface area contributed by atoms with Crippen LogP contribution in [0.2, 0.25) is 0 Å². The van der Waals surface area contributed by atoms with Crippen molar-refractivity contribution in [1.29, 1.82) is 0 Å². The molecule has 5 heteroatoms. The molecule has 0 atom stereocenters. The summed E-state index contributed by atoms with van der Waals surface area (Å²) in [7, 11) is 0. The second kappa shape index (κ2) is 4.75. The Morgan fingerprint density at radius 1 is 1.07 bits per heavy atom. The van der Waals surface area contributed by atoms with Crippen molar-refractivity contribution in [2.45, 2.75) is 10.9 Å². The Morgan fingerprint density at radius 3 is 2.40 bits per heavy atom. The van der Waals surface area contributed by atoms with E-state index in [1.807, 2.05) is 12.1 Å². The van der Waals surface area contributed by atoms with Gasteiger partial charge in [0.2, 0.25) is 0 Å². The predicted octanol–water partition coefficient (Wildman–Crippen LogP) is 1.87. The van der Waals surface area contributed by atoms with Crippen LogP contribution < -0.4 is 0 Å². The fraction of sp³-hybridized carbons (Fsp3) is 0.100. The third-order valence-corrected chi connectivity index (χ3v) is 2.72. The summed E-state index contributed by atoms with van der Waals surface area (Å²) >= 11 is 1.54. The molecule has 0 unspecified atom stereocenters. The SMILES string of the molecule is Oc1ccc(CSc2ncncn2)cc1. The van der Waals surface area contributed by atoms with Crippen LogP contribution in [0.3, 0.4) is 0 Å². The monoisotopic (exact) mass is 219 g/mol. The molecule has 0 aliphatic rings. The minimum absolute atomic E-state index is 0.281. The van der Waals surface area contributed by atoms with Crippen molar-refractivity contribution < 1.29 is 5.11 Å². The average Bonchev–Trinajstić information content (AvgIpc) is 2.30. The first-order valence-corrected chi connectivity index (χ1v) is 5.36. The van der Waals surface area contributed by atoms with Gasteiger partial charge >= 0.3 is 0 Å². The third kappa shape index (κ3) is 2.92. The summed E-state index contributed by atoms with van der Waals surface area (Å²) in [4.78, 5) is 11.7. The van der Waals surface area contributed by atoms with E-state index in [0.717, 1.165) is 11.3 Å². The van der Waals surface area contributed by atoms with Crippen LogP contribution in [0.15, 0.2) is 42.1 Å². The van der Waals surface area contributed by atoms with E-state index in [2.05, 4.69) is 15.0 Å². The number of nitrogens with zero attached hydrogens (tertiary/aromatic N) is 3. The maximum Gasteiger partial charge on any atom is 0.190 e. The van der Waals surface area contributed by atoms with Crippen LogP contribution in [0.5, 0.6) is 5.75 Å². The number of hydrogen-bond acceptors (Lipinski definition) is 5. The quantitative estimate of drug-likeness (QED) is 0.798. The van der Waals surface area contributed by atoms with Gasteiger partial charge in [-0.1, -0.05) is 23.9 Å². The first-order chi connectivity index (χ1) is 7.34. The minimum atomic E-state index is 0.281. The zero-order valence-electron chi connectivity index (χ0n) is 7.87. The molecule has 0 bridgehead atoms. The van der Waals surface area contributed by atoms with Crippen molar-refractivity contribution in [3.05, 3.63) is 42.5 Å². The van der Waals surface area contributed by atoms with E-state index < -0.39 is 0 Å². The van der Waals surface area contributed by atoms with E-state index in [9.17, 15) is 0 Å². The Hall–Kier alpha value is -1.62. The van der Waals surface area contributed by atoms with Crippen LogP contribution in [-0.2, 0) is 5.75 Å². The van der Waals surface area contributed by atoms with Gasteiger partial charge in [-0.25, -0.2) is 15.0 Å². The Bertz CT molecular complexity index is 418. The Labute approximate surface area is 91.4 Å². The van der Waals surface area contributed by atoms with Crippen molar-refractivity contribution >= 4 is 11.8 Å². The second-order valence-corrected chi connectivity index (χ2v) is 3.82. The van der Waals surface area contributed by atoms with Crippen molar-refractivity contribution in [1.82, 2.24) is 15.0 Å². The lowest BCUT2D eigenvalue weighted by molar-refractivity contribution is 0.475. The number of phenolic OH excluding ortho intramolecular Hbond substituents is 1. The Kier molecular flexibility index (Phi) is 3.14. The van der Waals surface area contributed by atoms with Gasteiger partial charge in [-0.05, 0) is 17.7 Å². The molecule has 0 aliphatic carbocycles. The molecule has 0 aliphatic heterocycles. The summed E-state index contributed by atoms with van der Waals surface area (Å²) in [6.07, 6.45) is 2.96. The van der Waals surface area contributed by atoms with E-state index in [1.165, 1.54) is 24.4 Å². The molecule has 76 valence electrons. The number of phenols is 1. The van der Waals surface area contributed by atoms with Crippen molar-refractivity contribution in [3.8, 4) is 5.75 Å². The normalized spacial score (nSPS) is 10.1. The third-order valence-electron chi connectivity index (χ3n) is 1.77. The molecular formula is C10H9N3OS. The first kappa shape index (κ1) is 9.92. The van der Waals surface area contributed by atoms with Gasteiger partial charge in [-0.2, -0.15) is 0 Å². The Morgan fingerprint density at radius 2 is 1.73 bits per heavy atom. The summed E-state index contributed by atoms with van der Waals surface area (Å²) in [5.41, 5.74) is 1.12. The van der Waals surface area contributed by atoms with Gasteiger partial charge in [-0.15, -0.1) is 0 Å². The zero-order chi connectivity index (χ0) is 10.5. The minimum Gasteiger partial charge on any atom is -0.508 e. The second-order valence-electron chi connectivity index (χ2n) is 2.88. The smallest absolute Gasteiger partial charge is 0.190 e. The lowest BCUT2D eigenvalue weighted by atomic mass is 10.2. The number of hydrogen-bond donors (Lipinski definition) is 1. The van der Waals surface area contributed by atoms with Gasteiger partial charge in [0.1, 0.15) is 18.4 Å². The van der Waals surface area contributed by atoms with Crippen LogP contribution in [0.4, 0.5) is 0 Å². The highest BCUT2D eigenvalue weighted by molar-refractivity contribution is 7.98. The molecule has 1 aromatic carbocycles. The largest absolute Gasteiger partial charge is 0.508 e. The molecule has 2 aromatic rings. The molecule has 0 fully saturated rings. The van der Waals surface area contributed by atoms with Crippen LogP contribution in [0.1, 0.15) is 5.56 Å². The van der Waals surface area contributed by atoms with E-state index in [4.69, 9.17) is 5.11 Å². The summed E-state index contributed by atoms with van der Waals surface area (Å²) < 4.78 is 0. The maximum absolute atomic E-state index is 9.10. The lowest BCUT2D eigenvalue weighted by Gasteiger charge is -1.99. The fourth-order valence-electron chi connectivity index (χ4n) is 1.04. The van der Waals surface area contributed by atoms with Crippen molar-refractivity contribution in [2.24, 2.45) is 0 Å². The summed E-state index contributed by atoms with van der Waals surface area (Å²) in [6, 6.07) is 7.10. The van der Waals surface area contributed by atoms with E-state index in [-0.39, 0.29) is 5.75 Å². The summed E-state index contributed by atoms with van der Waals surface area (Å²) in [6.45, 7) is 0. The molecule has 2 rings (SSSR count). The van der Waals surface area contributed by atoms with Gasteiger partial charge in [0.05, 0.1) is 0 Å². The van der Waals surface area contributed by atoms with E-state index >= 15 is 0 Å². The molecule has 0 radical (unpaired) electrons. The standard InChI is InChI=1S/C10H9N3OS/c14-9-3-1-8(2-4-9)5-15-10-12-6-11-7-13-10/h1-4,6-7,14H,5H2. The summed E-state index contributed by atoms with van der Waals surface area (Å²) in [5.74, 6) is 1.06. The van der Waals surface area contributed by atoms with Gasteiger partial charge in [-0.3, -0.25) is 0 Å². The molecule has 0 spiro atoms. The molecule has 1 heterocycles. The molecule has 0 saturated carbocycles. The zero-order valence-corrected chi connectivity index (χ0v) is 8.68. The number of thioether (sulfide) groups is 1. The lowest BCUT2D eigenvalue weighted by Crippen LogP contribution is -1.87. The van der Waals surface area contributed by atoms with Gasteiger partial charge in [0.15, 0.2) is 5.16 Å². The number of aromatic nitrogens is 3. The molecule has 0 amide bonds. The molecular weight excluding hydrogens is 210 g/mol.